The van der Waals surface area contributed by atoms with E-state index in [1.807, 2.05) is 19.1 Å². The van der Waals surface area contributed by atoms with Crippen molar-refractivity contribution in [3.05, 3.63) is 35.9 Å². The van der Waals surface area contributed by atoms with Crippen LogP contribution in [0.1, 0.15) is 18.1 Å². The van der Waals surface area contributed by atoms with Gasteiger partial charge in [-0.25, -0.2) is 0 Å². The van der Waals surface area contributed by atoms with Crippen LogP contribution in [-0.4, -0.2) is 6.21 Å². The third kappa shape index (κ3) is 1.37. The summed E-state index contributed by atoms with van der Waals surface area (Å²) < 4.78 is 0. The number of nitrogens with one attached hydrogen (secondary N) is 1. The van der Waals surface area contributed by atoms with Crippen LogP contribution in [0, 0.1) is 5.41 Å². The Hall–Kier alpha value is -1.57. The van der Waals surface area contributed by atoms with Crippen molar-refractivity contribution in [2.75, 3.05) is 5.73 Å². The molecule has 0 saturated heterocycles. The van der Waals surface area contributed by atoms with Gasteiger partial charge in [0.25, 0.3) is 0 Å². The molecular formula is C10H12N2. The Balaban J connectivity index is 3.37. The maximum Gasteiger partial charge on any atom is 0.0409 e. The van der Waals surface area contributed by atoms with E-state index in [1.165, 1.54) is 6.21 Å². The number of nitrogens with two attached hydrogens (primary N) is 1. The summed E-state index contributed by atoms with van der Waals surface area (Å²) in [6, 6.07) is 5.57. The predicted molar refractivity (Wildman–Crippen MR) is 53.4 cm³/mol. The van der Waals surface area contributed by atoms with Crippen molar-refractivity contribution in [1.82, 2.24) is 0 Å². The van der Waals surface area contributed by atoms with Crippen LogP contribution in [0.2, 0.25) is 0 Å². The molecule has 0 aliphatic carbocycles. The molecule has 1 rings (SSSR count). The topological polar surface area (TPSA) is 49.9 Å². The zero-order valence-electron chi connectivity index (χ0n) is 7.09. The average molecular weight is 160 g/mol. The van der Waals surface area contributed by atoms with Gasteiger partial charge in [0.15, 0.2) is 0 Å². The lowest BCUT2D eigenvalue weighted by Crippen LogP contribution is -1.96. The second-order valence-corrected chi connectivity index (χ2v) is 2.73. The zero-order valence-corrected chi connectivity index (χ0v) is 7.09. The van der Waals surface area contributed by atoms with Crippen LogP contribution in [0.3, 0.4) is 0 Å². The molecular weight excluding hydrogens is 148 g/mol. The molecule has 0 saturated carbocycles. The van der Waals surface area contributed by atoms with Crippen LogP contribution in [0.5, 0.6) is 0 Å². The number of rotatable bonds is 2. The lowest BCUT2D eigenvalue weighted by molar-refractivity contribution is 1.50. The molecule has 0 heterocycles. The molecule has 0 atom stereocenters. The molecule has 2 heteroatoms. The standard InChI is InChI=1S/C10H12N2/c1-7(2)8-4-3-5-10(12)9(8)6-11/h3-6,11H,1,12H2,2H3. The van der Waals surface area contributed by atoms with Gasteiger partial charge in [0, 0.05) is 17.5 Å². The van der Waals surface area contributed by atoms with E-state index < -0.39 is 0 Å². The second-order valence-electron chi connectivity index (χ2n) is 2.73. The normalized spacial score (nSPS) is 9.42. The quantitative estimate of drug-likeness (QED) is 0.506. The van der Waals surface area contributed by atoms with Crippen LogP contribution >= 0.6 is 0 Å². The highest BCUT2D eigenvalue weighted by atomic mass is 14.6. The van der Waals surface area contributed by atoms with Crippen LogP contribution in [0.25, 0.3) is 5.57 Å². The first-order valence-electron chi connectivity index (χ1n) is 3.71. The second kappa shape index (κ2) is 3.22. The third-order valence-electron chi connectivity index (χ3n) is 1.74. The fraction of sp³-hybridized carbons (Fsp3) is 0.100. The summed E-state index contributed by atoms with van der Waals surface area (Å²) in [6.45, 7) is 5.72. The molecule has 0 aromatic heterocycles. The molecule has 0 spiro atoms. The zero-order chi connectivity index (χ0) is 9.14. The van der Waals surface area contributed by atoms with E-state index in [2.05, 4.69) is 6.58 Å². The fourth-order valence-corrected chi connectivity index (χ4v) is 1.12. The fourth-order valence-electron chi connectivity index (χ4n) is 1.12. The van der Waals surface area contributed by atoms with Gasteiger partial charge >= 0.3 is 0 Å². The summed E-state index contributed by atoms with van der Waals surface area (Å²) in [6.07, 6.45) is 1.26. The lowest BCUT2D eigenvalue weighted by Gasteiger charge is -2.06. The molecule has 12 heavy (non-hydrogen) atoms. The Morgan fingerprint density at radius 2 is 2.25 bits per heavy atom. The molecule has 0 aliphatic heterocycles. The van der Waals surface area contributed by atoms with E-state index in [0.29, 0.717) is 5.69 Å². The van der Waals surface area contributed by atoms with Crippen molar-refractivity contribution in [3.8, 4) is 0 Å². The van der Waals surface area contributed by atoms with E-state index in [1.54, 1.807) is 6.07 Å². The van der Waals surface area contributed by atoms with Crippen molar-refractivity contribution in [2.24, 2.45) is 0 Å². The molecule has 0 unspecified atom stereocenters. The van der Waals surface area contributed by atoms with Crippen LogP contribution in [-0.2, 0) is 0 Å². The highest BCUT2D eigenvalue weighted by molar-refractivity contribution is 5.92. The number of hydrogen-bond acceptors (Lipinski definition) is 2. The van der Waals surface area contributed by atoms with Gasteiger partial charge in [-0.15, -0.1) is 0 Å². The van der Waals surface area contributed by atoms with E-state index in [4.69, 9.17) is 11.1 Å². The molecule has 0 amide bonds. The minimum Gasteiger partial charge on any atom is -0.398 e. The van der Waals surface area contributed by atoms with Crippen molar-refractivity contribution >= 4 is 17.5 Å². The molecule has 3 N–H and O–H groups in total. The Bertz CT molecular complexity index is 327. The predicted octanol–water partition coefficient (Wildman–Crippen LogP) is 2.30. The van der Waals surface area contributed by atoms with Crippen molar-refractivity contribution in [2.45, 2.75) is 6.92 Å². The largest absolute Gasteiger partial charge is 0.398 e. The van der Waals surface area contributed by atoms with E-state index >= 15 is 0 Å². The number of benzene rings is 1. The Labute approximate surface area is 72.2 Å². The highest BCUT2D eigenvalue weighted by Gasteiger charge is 2.02. The summed E-state index contributed by atoms with van der Waals surface area (Å²) in [5.74, 6) is 0. The molecule has 2 nitrogen and oxygen atoms in total. The molecule has 62 valence electrons. The van der Waals surface area contributed by atoms with Crippen LogP contribution in [0.4, 0.5) is 5.69 Å². The summed E-state index contributed by atoms with van der Waals surface area (Å²) in [7, 11) is 0. The minimum absolute atomic E-state index is 0.630. The summed E-state index contributed by atoms with van der Waals surface area (Å²) >= 11 is 0. The SMILES string of the molecule is C=C(C)c1cccc(N)c1C=N. The maximum atomic E-state index is 7.17. The van der Waals surface area contributed by atoms with Gasteiger partial charge in [0.2, 0.25) is 0 Å². The van der Waals surface area contributed by atoms with E-state index in [0.717, 1.165) is 16.7 Å². The monoisotopic (exact) mass is 160 g/mol. The lowest BCUT2D eigenvalue weighted by atomic mass is 10.0. The minimum atomic E-state index is 0.630. The van der Waals surface area contributed by atoms with Gasteiger partial charge in [0.05, 0.1) is 0 Å². The first-order chi connectivity index (χ1) is 5.66. The summed E-state index contributed by atoms with van der Waals surface area (Å²) in [4.78, 5) is 0. The third-order valence-corrected chi connectivity index (χ3v) is 1.74. The molecule has 1 aromatic carbocycles. The Morgan fingerprint density at radius 3 is 2.67 bits per heavy atom. The molecule has 0 aliphatic rings. The first kappa shape index (κ1) is 8.53. The summed E-state index contributed by atoms with van der Waals surface area (Å²) in [5.41, 5.74) is 8.94. The van der Waals surface area contributed by atoms with Crippen molar-refractivity contribution < 1.29 is 0 Å². The first-order valence-corrected chi connectivity index (χ1v) is 3.71. The number of hydrogen-bond donors (Lipinski definition) is 2. The Kier molecular flexibility index (Phi) is 2.29. The smallest absolute Gasteiger partial charge is 0.0409 e. The van der Waals surface area contributed by atoms with Crippen LogP contribution < -0.4 is 5.73 Å². The average Bonchev–Trinajstić information content (AvgIpc) is 2.03. The molecule has 1 aromatic rings. The van der Waals surface area contributed by atoms with Gasteiger partial charge < -0.3 is 11.1 Å². The Morgan fingerprint density at radius 1 is 1.58 bits per heavy atom. The van der Waals surface area contributed by atoms with Gasteiger partial charge in [-0.05, 0) is 18.6 Å². The maximum absolute atomic E-state index is 7.17. The highest BCUT2D eigenvalue weighted by Crippen LogP contribution is 2.20. The van der Waals surface area contributed by atoms with Gasteiger partial charge in [-0.3, -0.25) is 0 Å². The number of allylic oxidation sites excluding steroid dienone is 1. The molecule has 0 fully saturated rings. The van der Waals surface area contributed by atoms with Gasteiger partial charge in [0.1, 0.15) is 0 Å². The van der Waals surface area contributed by atoms with Crippen LogP contribution in [0.15, 0.2) is 24.8 Å². The molecule has 0 radical (unpaired) electrons. The van der Waals surface area contributed by atoms with E-state index in [-0.39, 0.29) is 0 Å². The number of anilines is 1. The van der Waals surface area contributed by atoms with Gasteiger partial charge in [-0.2, -0.15) is 0 Å². The van der Waals surface area contributed by atoms with E-state index in [9.17, 15) is 0 Å². The van der Waals surface area contributed by atoms with Crippen molar-refractivity contribution in [1.29, 1.82) is 5.41 Å². The summed E-state index contributed by atoms with van der Waals surface area (Å²) in [5, 5.41) is 7.17. The van der Waals surface area contributed by atoms with Crippen molar-refractivity contribution in [3.63, 3.8) is 0 Å². The van der Waals surface area contributed by atoms with Gasteiger partial charge in [-0.1, -0.05) is 24.3 Å². The number of nitrogen functional groups attached to an aromatic ring is 1. The molecule has 0 bridgehead atoms.